The van der Waals surface area contributed by atoms with Crippen LogP contribution in [0.5, 0.6) is 0 Å². The second-order valence-corrected chi connectivity index (χ2v) is 10.5. The van der Waals surface area contributed by atoms with Gasteiger partial charge >= 0.3 is 0 Å². The van der Waals surface area contributed by atoms with Crippen LogP contribution in [0.4, 0.5) is 4.39 Å². The van der Waals surface area contributed by atoms with Gasteiger partial charge in [-0.25, -0.2) is 9.37 Å². The van der Waals surface area contributed by atoms with Gasteiger partial charge < -0.3 is 4.90 Å². The van der Waals surface area contributed by atoms with Crippen molar-refractivity contribution in [2.24, 2.45) is 0 Å². The van der Waals surface area contributed by atoms with Gasteiger partial charge in [0.15, 0.2) is 5.16 Å². The average Bonchev–Trinajstić information content (AvgIpc) is 3.42. The van der Waals surface area contributed by atoms with Crippen molar-refractivity contribution in [3.05, 3.63) is 56.4 Å². The number of aryl methyl sites for hydroxylation is 2. The first-order chi connectivity index (χ1) is 15.6. The van der Waals surface area contributed by atoms with E-state index in [0.29, 0.717) is 17.3 Å². The van der Waals surface area contributed by atoms with Crippen LogP contribution in [0.3, 0.4) is 0 Å². The van der Waals surface area contributed by atoms with Gasteiger partial charge in [-0.15, -0.1) is 11.3 Å². The molecular weight excluding hydrogens is 445 g/mol. The Morgan fingerprint density at radius 1 is 1.31 bits per heavy atom. The van der Waals surface area contributed by atoms with Crippen molar-refractivity contribution >= 4 is 39.2 Å². The molecule has 1 aromatic carbocycles. The summed E-state index contributed by atoms with van der Waals surface area (Å²) in [6.45, 7) is 2.91. The average molecular weight is 472 g/mol. The molecule has 2 aliphatic carbocycles. The number of carbonyl (C=O) groups is 1. The predicted octanol–water partition coefficient (Wildman–Crippen LogP) is 4.78. The fourth-order valence-corrected chi connectivity index (χ4v) is 6.63. The maximum Gasteiger partial charge on any atom is 0.263 e. The van der Waals surface area contributed by atoms with Crippen LogP contribution in [-0.2, 0) is 30.7 Å². The molecule has 0 saturated heterocycles. The predicted molar refractivity (Wildman–Crippen MR) is 127 cm³/mol. The molecule has 5 nitrogen and oxygen atoms in total. The molecule has 0 atom stereocenters. The van der Waals surface area contributed by atoms with Crippen molar-refractivity contribution in [1.82, 2.24) is 14.5 Å². The number of fused-ring (bicyclic) bond motifs is 3. The molecule has 0 aliphatic heterocycles. The van der Waals surface area contributed by atoms with Gasteiger partial charge in [0.1, 0.15) is 10.6 Å². The summed E-state index contributed by atoms with van der Waals surface area (Å²) in [6.07, 6.45) is 5.82. The number of rotatable bonds is 8. The molecule has 0 bridgehead atoms. The lowest BCUT2D eigenvalue weighted by atomic mass is 10.2. The minimum absolute atomic E-state index is 0.0246. The van der Waals surface area contributed by atoms with Gasteiger partial charge in [0.05, 0.1) is 11.1 Å². The van der Waals surface area contributed by atoms with Crippen LogP contribution in [0, 0.1) is 5.82 Å². The SMILES string of the molecule is CCCn1c(SCC(=O)N(Cc2ccccc2F)C2CC2)nc2sc3c(c2c1=O)CCC3. The standard InChI is InChI=1S/C24H26FN3O2S2/c1-2-12-27-23(30)21-17-7-5-9-19(17)32-22(21)26-24(27)31-14-20(29)28(16-10-11-16)13-15-6-3-4-8-18(15)25/h3-4,6,8,16H,2,5,7,9-14H2,1H3. The quantitative estimate of drug-likeness (QED) is 0.351. The van der Waals surface area contributed by atoms with Crippen LogP contribution < -0.4 is 5.56 Å². The van der Waals surface area contributed by atoms with E-state index in [1.54, 1.807) is 39.0 Å². The third kappa shape index (κ3) is 4.10. The first-order valence-corrected chi connectivity index (χ1v) is 13.1. The van der Waals surface area contributed by atoms with Crippen LogP contribution in [-0.4, -0.2) is 32.2 Å². The molecule has 1 saturated carbocycles. The number of benzene rings is 1. The summed E-state index contributed by atoms with van der Waals surface area (Å²) in [5.41, 5.74) is 1.75. The smallest absolute Gasteiger partial charge is 0.263 e. The molecule has 0 spiro atoms. The van der Waals surface area contributed by atoms with Crippen molar-refractivity contribution in [2.45, 2.75) is 69.7 Å². The fourth-order valence-electron chi connectivity index (χ4n) is 4.42. The number of hydrogen-bond acceptors (Lipinski definition) is 5. The zero-order chi connectivity index (χ0) is 22.2. The summed E-state index contributed by atoms with van der Waals surface area (Å²) in [5, 5.41) is 1.39. The second-order valence-electron chi connectivity index (χ2n) is 8.52. The Kier molecular flexibility index (Phi) is 6.07. The Balaban J connectivity index is 1.39. The summed E-state index contributed by atoms with van der Waals surface area (Å²) in [4.78, 5) is 35.1. The molecule has 1 fully saturated rings. The topological polar surface area (TPSA) is 55.2 Å². The van der Waals surface area contributed by atoms with Crippen LogP contribution in [0.1, 0.15) is 48.6 Å². The van der Waals surface area contributed by atoms with Gasteiger partial charge in [0.25, 0.3) is 5.56 Å². The van der Waals surface area contributed by atoms with E-state index in [-0.39, 0.29) is 35.6 Å². The number of aromatic nitrogens is 2. The Bertz CT molecular complexity index is 1230. The largest absolute Gasteiger partial charge is 0.335 e. The lowest BCUT2D eigenvalue weighted by molar-refractivity contribution is -0.129. The summed E-state index contributed by atoms with van der Waals surface area (Å²) in [7, 11) is 0. The van der Waals surface area contributed by atoms with Gasteiger partial charge in [-0.2, -0.15) is 0 Å². The van der Waals surface area contributed by atoms with E-state index in [0.717, 1.165) is 48.7 Å². The van der Waals surface area contributed by atoms with Crippen molar-refractivity contribution in [2.75, 3.05) is 5.75 Å². The highest BCUT2D eigenvalue weighted by molar-refractivity contribution is 7.99. The normalized spacial score (nSPS) is 15.3. The molecular formula is C24H26FN3O2S2. The number of amides is 1. The number of nitrogens with zero attached hydrogens (tertiary/aromatic N) is 3. The molecule has 2 aliphatic rings. The lowest BCUT2D eigenvalue weighted by Crippen LogP contribution is -2.34. The summed E-state index contributed by atoms with van der Waals surface area (Å²) in [6, 6.07) is 6.80. The molecule has 2 heterocycles. The molecule has 3 aromatic rings. The molecule has 2 aromatic heterocycles. The lowest BCUT2D eigenvalue weighted by Gasteiger charge is -2.23. The highest BCUT2D eigenvalue weighted by atomic mass is 32.2. The van der Waals surface area contributed by atoms with Crippen molar-refractivity contribution < 1.29 is 9.18 Å². The van der Waals surface area contributed by atoms with E-state index in [1.807, 2.05) is 6.92 Å². The first-order valence-electron chi connectivity index (χ1n) is 11.3. The third-order valence-corrected chi connectivity index (χ3v) is 8.32. The Morgan fingerprint density at radius 3 is 2.88 bits per heavy atom. The second kappa shape index (κ2) is 8.98. The summed E-state index contributed by atoms with van der Waals surface area (Å²) >= 11 is 2.95. The molecule has 5 rings (SSSR count). The minimum Gasteiger partial charge on any atom is -0.335 e. The van der Waals surface area contributed by atoms with E-state index in [2.05, 4.69) is 0 Å². The van der Waals surface area contributed by atoms with E-state index in [1.165, 1.54) is 28.3 Å². The van der Waals surface area contributed by atoms with Crippen molar-refractivity contribution in [3.8, 4) is 0 Å². The Hall–Kier alpha value is -2.19. The van der Waals surface area contributed by atoms with E-state index in [4.69, 9.17) is 4.98 Å². The van der Waals surface area contributed by atoms with Gasteiger partial charge in [-0.05, 0) is 50.2 Å². The fraction of sp³-hybridized carbons (Fsp3) is 0.458. The maximum atomic E-state index is 14.2. The molecule has 8 heteroatoms. The maximum absolute atomic E-state index is 14.2. The van der Waals surface area contributed by atoms with Crippen molar-refractivity contribution in [3.63, 3.8) is 0 Å². The molecule has 0 radical (unpaired) electrons. The van der Waals surface area contributed by atoms with Crippen LogP contribution in [0.2, 0.25) is 0 Å². The van der Waals surface area contributed by atoms with Gasteiger partial charge in [0, 0.05) is 29.6 Å². The van der Waals surface area contributed by atoms with Gasteiger partial charge in [0.2, 0.25) is 5.91 Å². The molecule has 32 heavy (non-hydrogen) atoms. The van der Waals surface area contributed by atoms with Crippen LogP contribution >= 0.6 is 23.1 Å². The zero-order valence-corrected chi connectivity index (χ0v) is 19.7. The highest BCUT2D eigenvalue weighted by Gasteiger charge is 2.33. The van der Waals surface area contributed by atoms with Gasteiger partial charge in [-0.3, -0.25) is 14.2 Å². The number of thioether (sulfide) groups is 1. The minimum atomic E-state index is -0.284. The monoisotopic (exact) mass is 471 g/mol. The Morgan fingerprint density at radius 2 is 2.12 bits per heavy atom. The molecule has 1 amide bonds. The third-order valence-electron chi connectivity index (χ3n) is 6.17. The van der Waals surface area contributed by atoms with Gasteiger partial charge in [-0.1, -0.05) is 36.9 Å². The zero-order valence-electron chi connectivity index (χ0n) is 18.1. The number of halogens is 1. The molecule has 168 valence electrons. The van der Waals surface area contributed by atoms with Crippen LogP contribution in [0.15, 0.2) is 34.2 Å². The highest BCUT2D eigenvalue weighted by Crippen LogP contribution is 2.36. The van der Waals surface area contributed by atoms with E-state index < -0.39 is 0 Å². The van der Waals surface area contributed by atoms with E-state index in [9.17, 15) is 14.0 Å². The number of carbonyl (C=O) groups excluding carboxylic acids is 1. The summed E-state index contributed by atoms with van der Waals surface area (Å²) in [5.74, 6) is -0.127. The number of thiophene rings is 1. The van der Waals surface area contributed by atoms with Crippen molar-refractivity contribution in [1.29, 1.82) is 0 Å². The van der Waals surface area contributed by atoms with E-state index >= 15 is 0 Å². The molecule has 0 unspecified atom stereocenters. The molecule has 0 N–H and O–H groups in total. The Labute approximate surface area is 194 Å². The van der Waals surface area contributed by atoms with Crippen LogP contribution in [0.25, 0.3) is 10.2 Å². The number of hydrogen-bond donors (Lipinski definition) is 0. The summed E-state index contributed by atoms with van der Waals surface area (Å²) < 4.78 is 15.9. The first kappa shape index (κ1) is 21.6.